The fourth-order valence-corrected chi connectivity index (χ4v) is 2.33. The van der Waals surface area contributed by atoms with Gasteiger partial charge in [0.2, 0.25) is 0 Å². The first-order valence-corrected chi connectivity index (χ1v) is 5.81. The Morgan fingerprint density at radius 1 is 0.765 bits per heavy atom. The molecule has 80 valence electrons. The molecule has 0 radical (unpaired) electrons. The predicted octanol–water partition coefficient (Wildman–Crippen LogP) is 3.58. The molecule has 2 aromatic carbocycles. The van der Waals surface area contributed by atoms with Gasteiger partial charge < -0.3 is 0 Å². The van der Waals surface area contributed by atoms with Crippen LogP contribution in [0, 0.1) is 22.7 Å². The SMILES string of the molecule is N#Cc1cccc(Sc2cccc(C#N)c2)c1. The van der Waals surface area contributed by atoms with Crippen LogP contribution < -0.4 is 0 Å². The van der Waals surface area contributed by atoms with E-state index in [1.165, 1.54) is 0 Å². The van der Waals surface area contributed by atoms with Gasteiger partial charge in [-0.05, 0) is 36.4 Å². The van der Waals surface area contributed by atoms with Crippen LogP contribution in [0.3, 0.4) is 0 Å². The van der Waals surface area contributed by atoms with E-state index in [9.17, 15) is 0 Å². The van der Waals surface area contributed by atoms with Crippen molar-refractivity contribution in [1.82, 2.24) is 0 Å². The summed E-state index contributed by atoms with van der Waals surface area (Å²) in [6.07, 6.45) is 0. The summed E-state index contributed by atoms with van der Waals surface area (Å²) < 4.78 is 0. The van der Waals surface area contributed by atoms with E-state index in [2.05, 4.69) is 12.1 Å². The summed E-state index contributed by atoms with van der Waals surface area (Å²) in [7, 11) is 0. The summed E-state index contributed by atoms with van der Waals surface area (Å²) in [4.78, 5) is 2.00. The van der Waals surface area contributed by atoms with E-state index in [4.69, 9.17) is 10.5 Å². The van der Waals surface area contributed by atoms with Crippen molar-refractivity contribution >= 4 is 11.8 Å². The van der Waals surface area contributed by atoms with Gasteiger partial charge in [-0.3, -0.25) is 0 Å². The minimum absolute atomic E-state index is 0.645. The molecule has 0 N–H and O–H groups in total. The highest BCUT2D eigenvalue weighted by atomic mass is 32.2. The highest BCUT2D eigenvalue weighted by Gasteiger charge is 2.00. The summed E-state index contributed by atoms with van der Waals surface area (Å²) in [5.41, 5.74) is 1.29. The Bertz CT molecular complexity index is 565. The second kappa shape index (κ2) is 5.21. The Labute approximate surface area is 104 Å². The molecule has 0 amide bonds. The lowest BCUT2D eigenvalue weighted by Gasteiger charge is -2.02. The number of nitrogens with zero attached hydrogens (tertiary/aromatic N) is 2. The number of nitriles is 2. The van der Waals surface area contributed by atoms with Gasteiger partial charge in [-0.15, -0.1) is 0 Å². The molecule has 17 heavy (non-hydrogen) atoms. The van der Waals surface area contributed by atoms with Gasteiger partial charge >= 0.3 is 0 Å². The molecular formula is C14H8N2S. The molecule has 0 saturated carbocycles. The van der Waals surface area contributed by atoms with E-state index in [0.717, 1.165) is 9.79 Å². The van der Waals surface area contributed by atoms with Crippen molar-refractivity contribution in [3.05, 3.63) is 59.7 Å². The van der Waals surface area contributed by atoms with Crippen LogP contribution in [0.15, 0.2) is 58.3 Å². The molecule has 2 nitrogen and oxygen atoms in total. The molecular weight excluding hydrogens is 228 g/mol. The third kappa shape index (κ3) is 2.87. The summed E-state index contributed by atoms with van der Waals surface area (Å²) in [5.74, 6) is 0. The Kier molecular flexibility index (Phi) is 3.45. The second-order valence-corrected chi connectivity index (χ2v) is 4.53. The van der Waals surface area contributed by atoms with Crippen LogP contribution in [0.5, 0.6) is 0 Å². The molecule has 3 heteroatoms. The lowest BCUT2D eigenvalue weighted by Crippen LogP contribution is -1.78. The number of hydrogen-bond donors (Lipinski definition) is 0. The first-order valence-electron chi connectivity index (χ1n) is 5.00. The smallest absolute Gasteiger partial charge is 0.0992 e. The zero-order valence-electron chi connectivity index (χ0n) is 8.92. The fraction of sp³-hybridized carbons (Fsp3) is 0. The molecule has 2 rings (SSSR count). The summed E-state index contributed by atoms with van der Waals surface area (Å²) in [6.45, 7) is 0. The van der Waals surface area contributed by atoms with E-state index < -0.39 is 0 Å². The quantitative estimate of drug-likeness (QED) is 0.800. The Balaban J connectivity index is 2.26. The van der Waals surface area contributed by atoms with Crippen molar-refractivity contribution in [2.24, 2.45) is 0 Å². The monoisotopic (exact) mass is 236 g/mol. The third-order valence-corrected chi connectivity index (χ3v) is 3.14. The third-order valence-electron chi connectivity index (χ3n) is 2.16. The van der Waals surface area contributed by atoms with Crippen LogP contribution >= 0.6 is 11.8 Å². The van der Waals surface area contributed by atoms with Gasteiger partial charge in [0.25, 0.3) is 0 Å². The molecule has 0 unspecified atom stereocenters. The van der Waals surface area contributed by atoms with Crippen molar-refractivity contribution in [2.45, 2.75) is 9.79 Å². The van der Waals surface area contributed by atoms with Gasteiger partial charge in [0, 0.05) is 9.79 Å². The normalized spacial score (nSPS) is 9.29. The number of rotatable bonds is 2. The minimum Gasteiger partial charge on any atom is -0.192 e. The van der Waals surface area contributed by atoms with Crippen molar-refractivity contribution in [2.75, 3.05) is 0 Å². The lowest BCUT2D eigenvalue weighted by atomic mass is 10.2. The molecule has 0 spiro atoms. The van der Waals surface area contributed by atoms with Gasteiger partial charge in [0.15, 0.2) is 0 Å². The average Bonchev–Trinajstić information content (AvgIpc) is 2.39. The molecule has 0 aliphatic rings. The van der Waals surface area contributed by atoms with E-state index in [-0.39, 0.29) is 0 Å². The topological polar surface area (TPSA) is 47.6 Å². The van der Waals surface area contributed by atoms with Crippen molar-refractivity contribution < 1.29 is 0 Å². The first kappa shape index (κ1) is 11.3. The fourth-order valence-electron chi connectivity index (χ4n) is 1.39. The zero-order valence-corrected chi connectivity index (χ0v) is 9.74. The number of hydrogen-bond acceptors (Lipinski definition) is 3. The van der Waals surface area contributed by atoms with E-state index in [0.29, 0.717) is 11.1 Å². The van der Waals surface area contributed by atoms with Crippen molar-refractivity contribution in [3.63, 3.8) is 0 Å². The van der Waals surface area contributed by atoms with E-state index in [1.807, 2.05) is 36.4 Å². The summed E-state index contributed by atoms with van der Waals surface area (Å²) in [6, 6.07) is 19.1. The van der Waals surface area contributed by atoms with Crippen LogP contribution in [-0.4, -0.2) is 0 Å². The molecule has 0 aliphatic heterocycles. The lowest BCUT2D eigenvalue weighted by molar-refractivity contribution is 1.36. The van der Waals surface area contributed by atoms with Gasteiger partial charge in [0.05, 0.1) is 23.3 Å². The van der Waals surface area contributed by atoms with Crippen LogP contribution in [0.25, 0.3) is 0 Å². The molecule has 0 bridgehead atoms. The van der Waals surface area contributed by atoms with Crippen LogP contribution in [-0.2, 0) is 0 Å². The average molecular weight is 236 g/mol. The van der Waals surface area contributed by atoms with Crippen molar-refractivity contribution in [1.29, 1.82) is 10.5 Å². The molecule has 0 aromatic heterocycles. The Morgan fingerprint density at radius 3 is 1.65 bits per heavy atom. The molecule has 0 saturated heterocycles. The Hall–Kier alpha value is -2.23. The van der Waals surface area contributed by atoms with Crippen LogP contribution in [0.2, 0.25) is 0 Å². The zero-order chi connectivity index (χ0) is 12.1. The maximum Gasteiger partial charge on any atom is 0.0992 e. The molecule has 2 aromatic rings. The van der Waals surface area contributed by atoms with Gasteiger partial charge in [-0.1, -0.05) is 23.9 Å². The Morgan fingerprint density at radius 2 is 1.24 bits per heavy atom. The molecule has 0 aliphatic carbocycles. The highest BCUT2D eigenvalue weighted by Crippen LogP contribution is 2.28. The second-order valence-electron chi connectivity index (χ2n) is 3.38. The van der Waals surface area contributed by atoms with Gasteiger partial charge in [-0.25, -0.2) is 0 Å². The molecule has 0 heterocycles. The van der Waals surface area contributed by atoms with Crippen molar-refractivity contribution in [3.8, 4) is 12.1 Å². The minimum atomic E-state index is 0.645. The molecule has 0 fully saturated rings. The number of benzene rings is 2. The largest absolute Gasteiger partial charge is 0.192 e. The van der Waals surface area contributed by atoms with E-state index >= 15 is 0 Å². The maximum atomic E-state index is 8.81. The van der Waals surface area contributed by atoms with Crippen LogP contribution in [0.4, 0.5) is 0 Å². The predicted molar refractivity (Wildman–Crippen MR) is 66.4 cm³/mol. The summed E-state index contributed by atoms with van der Waals surface area (Å²) in [5, 5.41) is 17.6. The van der Waals surface area contributed by atoms with Gasteiger partial charge in [-0.2, -0.15) is 10.5 Å². The van der Waals surface area contributed by atoms with E-state index in [1.54, 1.807) is 23.9 Å². The maximum absolute atomic E-state index is 8.81. The highest BCUT2D eigenvalue weighted by molar-refractivity contribution is 7.99. The van der Waals surface area contributed by atoms with Gasteiger partial charge in [0.1, 0.15) is 0 Å². The van der Waals surface area contributed by atoms with Crippen LogP contribution in [0.1, 0.15) is 11.1 Å². The standard InChI is InChI=1S/C14H8N2S/c15-9-11-3-1-5-13(7-11)17-14-6-2-4-12(8-14)10-16/h1-8H. The first-order chi connectivity index (χ1) is 8.31. The summed E-state index contributed by atoms with van der Waals surface area (Å²) >= 11 is 1.54. The molecule has 0 atom stereocenters.